The molecule has 1 fully saturated rings. The normalized spacial score (nSPS) is 19.3. The Kier molecular flexibility index (Phi) is 2.96. The third-order valence-corrected chi connectivity index (χ3v) is 3.83. The number of halogens is 1. The fourth-order valence-corrected chi connectivity index (χ4v) is 2.58. The molecule has 0 N–H and O–H groups in total. The van der Waals surface area contributed by atoms with Crippen LogP contribution in [0.2, 0.25) is 0 Å². The SMILES string of the molecule is O=C1OC(CBr)CN1c1cccc2ccccc12. The third-order valence-electron chi connectivity index (χ3n) is 3.10. The van der Waals surface area contributed by atoms with Crippen molar-refractivity contribution in [2.75, 3.05) is 16.8 Å². The van der Waals surface area contributed by atoms with Crippen molar-refractivity contribution >= 4 is 38.5 Å². The summed E-state index contributed by atoms with van der Waals surface area (Å²) in [6, 6.07) is 14.0. The smallest absolute Gasteiger partial charge is 0.414 e. The fourth-order valence-electron chi connectivity index (χ4n) is 2.24. The standard InChI is InChI=1S/C14H12BrNO2/c15-8-11-9-16(14(17)18-11)13-7-3-5-10-4-1-2-6-12(10)13/h1-7,11H,8-9H2. The van der Waals surface area contributed by atoms with Crippen LogP contribution >= 0.6 is 15.9 Å². The second-order valence-electron chi connectivity index (χ2n) is 4.27. The Balaban J connectivity index is 2.07. The molecule has 1 aliphatic rings. The summed E-state index contributed by atoms with van der Waals surface area (Å²) in [5.41, 5.74) is 0.918. The van der Waals surface area contributed by atoms with Gasteiger partial charge in [-0.15, -0.1) is 0 Å². The molecule has 1 amide bonds. The van der Waals surface area contributed by atoms with Crippen molar-refractivity contribution in [1.82, 2.24) is 0 Å². The minimum Gasteiger partial charge on any atom is -0.443 e. The highest BCUT2D eigenvalue weighted by atomic mass is 79.9. The van der Waals surface area contributed by atoms with E-state index < -0.39 is 0 Å². The summed E-state index contributed by atoms with van der Waals surface area (Å²) in [7, 11) is 0. The Morgan fingerprint density at radius 3 is 2.78 bits per heavy atom. The largest absolute Gasteiger partial charge is 0.443 e. The minimum atomic E-state index is -0.268. The van der Waals surface area contributed by atoms with Gasteiger partial charge in [0, 0.05) is 10.7 Å². The maximum atomic E-state index is 11.9. The minimum absolute atomic E-state index is 0.0727. The van der Waals surface area contributed by atoms with Gasteiger partial charge in [-0.05, 0) is 11.5 Å². The second-order valence-corrected chi connectivity index (χ2v) is 4.92. The second kappa shape index (κ2) is 4.61. The van der Waals surface area contributed by atoms with Crippen molar-refractivity contribution in [2.45, 2.75) is 6.10 Å². The van der Waals surface area contributed by atoms with Crippen molar-refractivity contribution < 1.29 is 9.53 Å². The summed E-state index contributed by atoms with van der Waals surface area (Å²) in [5, 5.41) is 2.87. The molecule has 92 valence electrons. The lowest BCUT2D eigenvalue weighted by Gasteiger charge is -2.15. The van der Waals surface area contributed by atoms with Gasteiger partial charge in [-0.25, -0.2) is 4.79 Å². The summed E-state index contributed by atoms with van der Waals surface area (Å²) in [4.78, 5) is 13.6. The molecule has 0 spiro atoms. The van der Waals surface area contributed by atoms with Crippen molar-refractivity contribution in [3.63, 3.8) is 0 Å². The Morgan fingerprint density at radius 1 is 1.22 bits per heavy atom. The first-order valence-corrected chi connectivity index (χ1v) is 6.93. The molecule has 1 heterocycles. The first-order valence-electron chi connectivity index (χ1n) is 5.81. The molecule has 2 aromatic rings. The molecule has 0 aliphatic carbocycles. The average Bonchev–Trinajstić information content (AvgIpc) is 2.79. The van der Waals surface area contributed by atoms with Gasteiger partial charge in [0.1, 0.15) is 6.10 Å². The highest BCUT2D eigenvalue weighted by Gasteiger charge is 2.32. The number of rotatable bonds is 2. The number of fused-ring (bicyclic) bond motifs is 1. The van der Waals surface area contributed by atoms with E-state index in [2.05, 4.69) is 15.9 Å². The molecule has 4 heteroatoms. The predicted molar refractivity (Wildman–Crippen MR) is 75.4 cm³/mol. The van der Waals surface area contributed by atoms with Gasteiger partial charge >= 0.3 is 6.09 Å². The van der Waals surface area contributed by atoms with E-state index in [0.29, 0.717) is 11.9 Å². The van der Waals surface area contributed by atoms with Gasteiger partial charge in [-0.1, -0.05) is 52.3 Å². The summed E-state index contributed by atoms with van der Waals surface area (Å²) >= 11 is 3.35. The third kappa shape index (κ3) is 1.86. The molecule has 1 atom stereocenters. The van der Waals surface area contributed by atoms with E-state index in [1.807, 2.05) is 42.5 Å². The van der Waals surface area contributed by atoms with Gasteiger partial charge in [0.15, 0.2) is 0 Å². The van der Waals surface area contributed by atoms with Crippen LogP contribution < -0.4 is 4.90 Å². The number of carbonyl (C=O) groups excluding carboxylic acids is 1. The quantitative estimate of drug-likeness (QED) is 0.794. The molecular weight excluding hydrogens is 294 g/mol. The number of ether oxygens (including phenoxy) is 1. The number of cyclic esters (lactones) is 1. The number of alkyl halides is 1. The molecular formula is C14H12BrNO2. The predicted octanol–water partition coefficient (Wildman–Crippen LogP) is 3.56. The zero-order valence-electron chi connectivity index (χ0n) is 9.67. The van der Waals surface area contributed by atoms with Gasteiger partial charge in [0.25, 0.3) is 0 Å². The summed E-state index contributed by atoms with van der Waals surface area (Å²) < 4.78 is 5.27. The van der Waals surface area contributed by atoms with E-state index in [1.54, 1.807) is 4.90 Å². The molecule has 0 radical (unpaired) electrons. The van der Waals surface area contributed by atoms with Crippen LogP contribution in [-0.4, -0.2) is 24.1 Å². The van der Waals surface area contributed by atoms with Gasteiger partial charge in [-0.3, -0.25) is 4.90 Å². The van der Waals surface area contributed by atoms with Crippen LogP contribution in [0, 0.1) is 0 Å². The van der Waals surface area contributed by atoms with E-state index in [4.69, 9.17) is 4.74 Å². The molecule has 1 aliphatic heterocycles. The lowest BCUT2D eigenvalue weighted by atomic mass is 10.1. The van der Waals surface area contributed by atoms with E-state index in [9.17, 15) is 4.79 Å². The molecule has 3 nitrogen and oxygen atoms in total. The first-order chi connectivity index (χ1) is 8.79. The number of nitrogens with zero attached hydrogens (tertiary/aromatic N) is 1. The van der Waals surface area contributed by atoms with Crippen molar-refractivity contribution in [3.05, 3.63) is 42.5 Å². The van der Waals surface area contributed by atoms with Gasteiger partial charge in [-0.2, -0.15) is 0 Å². The van der Waals surface area contributed by atoms with Crippen LogP contribution in [0.5, 0.6) is 0 Å². The zero-order valence-corrected chi connectivity index (χ0v) is 11.3. The summed E-state index contributed by atoms with van der Waals surface area (Å²) in [5.74, 6) is 0. The zero-order chi connectivity index (χ0) is 12.5. The van der Waals surface area contributed by atoms with Crippen LogP contribution in [0.1, 0.15) is 0 Å². The van der Waals surface area contributed by atoms with Gasteiger partial charge in [0.2, 0.25) is 0 Å². The van der Waals surface area contributed by atoms with Crippen molar-refractivity contribution in [1.29, 1.82) is 0 Å². The highest BCUT2D eigenvalue weighted by molar-refractivity contribution is 9.09. The number of hydrogen-bond donors (Lipinski definition) is 0. The van der Waals surface area contributed by atoms with Crippen LogP contribution in [0.15, 0.2) is 42.5 Å². The molecule has 0 bridgehead atoms. The summed E-state index contributed by atoms with van der Waals surface area (Å²) in [6.45, 7) is 0.595. The van der Waals surface area contributed by atoms with Gasteiger partial charge < -0.3 is 4.74 Å². The van der Waals surface area contributed by atoms with Crippen LogP contribution in [0.25, 0.3) is 10.8 Å². The molecule has 2 aromatic carbocycles. The number of carbonyl (C=O) groups is 1. The fraction of sp³-hybridized carbons (Fsp3) is 0.214. The maximum Gasteiger partial charge on any atom is 0.414 e. The number of hydrogen-bond acceptors (Lipinski definition) is 2. The van der Waals surface area contributed by atoms with Crippen molar-refractivity contribution in [3.8, 4) is 0 Å². The lowest BCUT2D eigenvalue weighted by Crippen LogP contribution is -2.24. The highest BCUT2D eigenvalue weighted by Crippen LogP contribution is 2.30. The van der Waals surface area contributed by atoms with E-state index in [-0.39, 0.29) is 12.2 Å². The molecule has 1 saturated heterocycles. The monoisotopic (exact) mass is 305 g/mol. The molecule has 1 unspecified atom stereocenters. The summed E-state index contributed by atoms with van der Waals surface area (Å²) in [6.07, 6.45) is -0.340. The number of anilines is 1. The maximum absolute atomic E-state index is 11.9. The van der Waals surface area contributed by atoms with Gasteiger partial charge in [0.05, 0.1) is 12.2 Å². The first kappa shape index (κ1) is 11.5. The molecule has 3 rings (SSSR count). The molecule has 18 heavy (non-hydrogen) atoms. The Bertz CT molecular complexity index is 594. The molecule has 0 aromatic heterocycles. The molecule has 0 saturated carbocycles. The topological polar surface area (TPSA) is 29.5 Å². The number of amides is 1. The lowest BCUT2D eigenvalue weighted by molar-refractivity contribution is 0.152. The van der Waals surface area contributed by atoms with Crippen LogP contribution in [0.4, 0.5) is 10.5 Å². The Morgan fingerprint density at radius 2 is 2.00 bits per heavy atom. The average molecular weight is 306 g/mol. The van der Waals surface area contributed by atoms with E-state index in [1.165, 1.54) is 0 Å². The van der Waals surface area contributed by atoms with Crippen LogP contribution in [0.3, 0.4) is 0 Å². The van der Waals surface area contributed by atoms with Crippen LogP contribution in [-0.2, 0) is 4.74 Å². The van der Waals surface area contributed by atoms with E-state index >= 15 is 0 Å². The number of benzene rings is 2. The Labute approximate surface area is 113 Å². The van der Waals surface area contributed by atoms with E-state index in [0.717, 1.165) is 16.5 Å². The van der Waals surface area contributed by atoms with Crippen molar-refractivity contribution in [2.24, 2.45) is 0 Å². The Hall–Kier alpha value is -1.55.